The first kappa shape index (κ1) is 14.4. The van der Waals surface area contributed by atoms with Crippen LogP contribution in [0.2, 0.25) is 0 Å². The summed E-state index contributed by atoms with van der Waals surface area (Å²) in [7, 11) is 0. The number of pyridine rings is 1. The van der Waals surface area contributed by atoms with E-state index in [0.717, 1.165) is 31.7 Å². The van der Waals surface area contributed by atoms with Crippen LogP contribution in [0.5, 0.6) is 0 Å². The van der Waals surface area contributed by atoms with Crippen LogP contribution < -0.4 is 16.0 Å². The summed E-state index contributed by atoms with van der Waals surface area (Å²) >= 11 is 0. The molecule has 1 fully saturated rings. The van der Waals surface area contributed by atoms with Crippen molar-refractivity contribution in [3.63, 3.8) is 0 Å². The number of piperidine rings is 1. The van der Waals surface area contributed by atoms with Gasteiger partial charge in [-0.15, -0.1) is 0 Å². The van der Waals surface area contributed by atoms with Gasteiger partial charge in [-0.05, 0) is 49.2 Å². The molecule has 0 aliphatic carbocycles. The first-order valence-corrected chi connectivity index (χ1v) is 7.55. The molecule has 1 amide bonds. The Kier molecular flexibility index (Phi) is 4.23. The molecule has 3 rings (SSSR count). The van der Waals surface area contributed by atoms with Crippen LogP contribution >= 0.6 is 0 Å². The third kappa shape index (κ3) is 3.36. The van der Waals surface area contributed by atoms with E-state index in [-0.39, 0.29) is 11.9 Å². The molecule has 0 saturated carbocycles. The number of benzene rings is 1. The van der Waals surface area contributed by atoms with Gasteiger partial charge in [0.15, 0.2) is 0 Å². The van der Waals surface area contributed by atoms with Crippen LogP contribution in [0.3, 0.4) is 0 Å². The molecule has 1 saturated heterocycles. The van der Waals surface area contributed by atoms with Gasteiger partial charge >= 0.3 is 0 Å². The zero-order valence-corrected chi connectivity index (χ0v) is 12.4. The standard InChI is InChI=1S/C17H20N4O/c18-14-6-4-13(5-7-14)17(22)20-15-8-11-21(12-9-15)16-3-1-2-10-19-16/h1-7,10,15H,8-9,11-12,18H2,(H,20,22). The van der Waals surface area contributed by atoms with Gasteiger partial charge in [0.05, 0.1) is 0 Å². The Balaban J connectivity index is 1.53. The summed E-state index contributed by atoms with van der Waals surface area (Å²) in [6.07, 6.45) is 3.67. The van der Waals surface area contributed by atoms with Crippen molar-refractivity contribution >= 4 is 17.4 Å². The number of anilines is 2. The number of hydrogen-bond donors (Lipinski definition) is 2. The molecule has 1 aliphatic rings. The maximum absolute atomic E-state index is 12.2. The van der Waals surface area contributed by atoms with Crippen molar-refractivity contribution in [2.24, 2.45) is 0 Å². The molecule has 0 radical (unpaired) electrons. The van der Waals surface area contributed by atoms with E-state index in [1.165, 1.54) is 0 Å². The van der Waals surface area contributed by atoms with Gasteiger partial charge in [0.1, 0.15) is 5.82 Å². The van der Waals surface area contributed by atoms with E-state index in [1.807, 2.05) is 24.4 Å². The van der Waals surface area contributed by atoms with Crippen LogP contribution in [0.15, 0.2) is 48.7 Å². The van der Waals surface area contributed by atoms with Crippen molar-refractivity contribution < 1.29 is 4.79 Å². The lowest BCUT2D eigenvalue weighted by Gasteiger charge is -2.33. The molecule has 2 heterocycles. The first-order valence-electron chi connectivity index (χ1n) is 7.55. The summed E-state index contributed by atoms with van der Waals surface area (Å²) in [5.41, 5.74) is 6.96. The second-order valence-corrected chi connectivity index (χ2v) is 5.54. The van der Waals surface area contributed by atoms with Crippen molar-refractivity contribution in [1.82, 2.24) is 10.3 Å². The number of nitrogen functional groups attached to an aromatic ring is 1. The Bertz CT molecular complexity index is 619. The van der Waals surface area contributed by atoms with Crippen LogP contribution in [0.4, 0.5) is 11.5 Å². The van der Waals surface area contributed by atoms with E-state index in [2.05, 4.69) is 15.2 Å². The Labute approximate surface area is 130 Å². The normalized spacial score (nSPS) is 15.5. The highest BCUT2D eigenvalue weighted by molar-refractivity contribution is 5.94. The van der Waals surface area contributed by atoms with E-state index in [9.17, 15) is 4.79 Å². The highest BCUT2D eigenvalue weighted by Gasteiger charge is 2.21. The van der Waals surface area contributed by atoms with Crippen molar-refractivity contribution in [1.29, 1.82) is 0 Å². The molecule has 2 aromatic rings. The Hall–Kier alpha value is -2.56. The molecule has 0 spiro atoms. The Morgan fingerprint density at radius 2 is 1.86 bits per heavy atom. The maximum Gasteiger partial charge on any atom is 0.251 e. The van der Waals surface area contributed by atoms with Gasteiger partial charge in [-0.3, -0.25) is 4.79 Å². The molecule has 1 aromatic heterocycles. The summed E-state index contributed by atoms with van der Waals surface area (Å²) in [4.78, 5) is 18.8. The molecule has 22 heavy (non-hydrogen) atoms. The highest BCUT2D eigenvalue weighted by atomic mass is 16.1. The molecular formula is C17H20N4O. The summed E-state index contributed by atoms with van der Waals surface area (Å²) in [5.74, 6) is 0.974. The topological polar surface area (TPSA) is 71.2 Å². The number of hydrogen-bond acceptors (Lipinski definition) is 4. The molecule has 5 heteroatoms. The second-order valence-electron chi connectivity index (χ2n) is 5.54. The minimum Gasteiger partial charge on any atom is -0.399 e. The van der Waals surface area contributed by atoms with E-state index in [1.54, 1.807) is 24.3 Å². The Morgan fingerprint density at radius 1 is 1.14 bits per heavy atom. The fraction of sp³-hybridized carbons (Fsp3) is 0.294. The minimum absolute atomic E-state index is 0.0312. The minimum atomic E-state index is -0.0312. The van der Waals surface area contributed by atoms with Crippen LogP contribution in [-0.4, -0.2) is 30.0 Å². The number of carbonyl (C=O) groups excluding carboxylic acids is 1. The van der Waals surface area contributed by atoms with Crippen LogP contribution in [0.25, 0.3) is 0 Å². The van der Waals surface area contributed by atoms with Gasteiger partial charge in [0.25, 0.3) is 5.91 Å². The molecule has 5 nitrogen and oxygen atoms in total. The number of aromatic nitrogens is 1. The smallest absolute Gasteiger partial charge is 0.251 e. The van der Waals surface area contributed by atoms with Gasteiger partial charge in [-0.25, -0.2) is 4.98 Å². The summed E-state index contributed by atoms with van der Waals surface area (Å²) < 4.78 is 0. The molecule has 1 aliphatic heterocycles. The predicted molar refractivity (Wildman–Crippen MR) is 87.8 cm³/mol. The lowest BCUT2D eigenvalue weighted by atomic mass is 10.0. The zero-order chi connectivity index (χ0) is 15.4. The van der Waals surface area contributed by atoms with Gasteiger partial charge in [-0.2, -0.15) is 0 Å². The van der Waals surface area contributed by atoms with Gasteiger partial charge in [0.2, 0.25) is 0 Å². The molecule has 1 aromatic carbocycles. The largest absolute Gasteiger partial charge is 0.399 e. The lowest BCUT2D eigenvalue weighted by molar-refractivity contribution is 0.0931. The Morgan fingerprint density at radius 3 is 2.50 bits per heavy atom. The SMILES string of the molecule is Nc1ccc(C(=O)NC2CCN(c3ccccn3)CC2)cc1. The van der Waals surface area contributed by atoms with Crippen molar-refractivity contribution in [2.45, 2.75) is 18.9 Å². The number of amides is 1. The van der Waals surface area contributed by atoms with E-state index >= 15 is 0 Å². The molecular weight excluding hydrogens is 276 g/mol. The number of carbonyl (C=O) groups is 1. The van der Waals surface area contributed by atoms with Gasteiger partial charge in [0, 0.05) is 36.6 Å². The summed E-state index contributed by atoms with van der Waals surface area (Å²) in [5, 5.41) is 3.10. The second kappa shape index (κ2) is 6.47. The van der Waals surface area contributed by atoms with Gasteiger partial charge in [-0.1, -0.05) is 6.07 Å². The fourth-order valence-electron chi connectivity index (χ4n) is 2.70. The highest BCUT2D eigenvalue weighted by Crippen LogP contribution is 2.17. The quantitative estimate of drug-likeness (QED) is 0.851. The maximum atomic E-state index is 12.2. The molecule has 3 N–H and O–H groups in total. The van der Waals surface area contributed by atoms with Crippen molar-refractivity contribution in [3.05, 3.63) is 54.2 Å². The number of rotatable bonds is 3. The number of nitrogens with zero attached hydrogens (tertiary/aromatic N) is 2. The molecule has 0 bridgehead atoms. The average molecular weight is 296 g/mol. The van der Waals surface area contributed by atoms with Gasteiger partial charge < -0.3 is 16.0 Å². The zero-order valence-electron chi connectivity index (χ0n) is 12.4. The van der Waals surface area contributed by atoms with Crippen LogP contribution in [0.1, 0.15) is 23.2 Å². The lowest BCUT2D eigenvalue weighted by Crippen LogP contribution is -2.44. The number of nitrogens with one attached hydrogen (secondary N) is 1. The molecule has 0 atom stereocenters. The fourth-order valence-corrected chi connectivity index (χ4v) is 2.70. The van der Waals surface area contributed by atoms with E-state index < -0.39 is 0 Å². The van der Waals surface area contributed by atoms with Crippen LogP contribution in [0, 0.1) is 0 Å². The summed E-state index contributed by atoms with van der Waals surface area (Å²) in [6, 6.07) is 13.2. The van der Waals surface area contributed by atoms with Crippen LogP contribution in [-0.2, 0) is 0 Å². The monoisotopic (exact) mass is 296 g/mol. The molecule has 0 unspecified atom stereocenters. The number of nitrogens with two attached hydrogens (primary N) is 1. The molecule has 114 valence electrons. The third-order valence-corrected chi connectivity index (χ3v) is 3.98. The van der Waals surface area contributed by atoms with E-state index in [0.29, 0.717) is 11.3 Å². The van der Waals surface area contributed by atoms with Crippen molar-refractivity contribution in [2.75, 3.05) is 23.7 Å². The average Bonchev–Trinajstić information content (AvgIpc) is 2.57. The summed E-state index contributed by atoms with van der Waals surface area (Å²) in [6.45, 7) is 1.81. The third-order valence-electron chi connectivity index (χ3n) is 3.98. The van der Waals surface area contributed by atoms with E-state index in [4.69, 9.17) is 5.73 Å². The first-order chi connectivity index (χ1) is 10.7. The van der Waals surface area contributed by atoms with Crippen molar-refractivity contribution in [3.8, 4) is 0 Å². The predicted octanol–water partition coefficient (Wildman–Crippen LogP) is 2.06.